The van der Waals surface area contributed by atoms with Gasteiger partial charge >= 0.3 is 0 Å². The van der Waals surface area contributed by atoms with Crippen molar-refractivity contribution < 1.29 is 33.2 Å². The summed E-state index contributed by atoms with van der Waals surface area (Å²) in [6.07, 6.45) is 0.593. The van der Waals surface area contributed by atoms with Crippen molar-refractivity contribution >= 4 is 38.8 Å². The Kier molecular flexibility index (Phi) is 7.18. The molecule has 1 unspecified atom stereocenters. The molecule has 2 heterocycles. The van der Waals surface area contributed by atoms with E-state index in [1.54, 1.807) is 31.4 Å². The fraction of sp³-hybridized carbons (Fsp3) is 0.222. The van der Waals surface area contributed by atoms with Crippen LogP contribution < -0.4 is 33.4 Å². The number of nitrogens with zero attached hydrogens (tertiary/aromatic N) is 3. The van der Waals surface area contributed by atoms with Crippen molar-refractivity contribution in [1.29, 1.82) is 0 Å². The standard InChI is InChI=1S/C27H25N3O7S/c1-32-17-9-10-18-24(13-17)38-27(29-18)30(26(31)23-15-36-19-7-5-6-8-20(19)37-23)28-14-16-11-21(33-2)25(35-4)22(12-16)34-3/h5-14,23H,15H2,1-4H3/b28-14+. The summed E-state index contributed by atoms with van der Waals surface area (Å²) in [6.45, 7) is 0.0325. The molecule has 0 spiro atoms. The lowest BCUT2D eigenvalue weighted by Crippen LogP contribution is -2.44. The number of para-hydroxylation sites is 2. The van der Waals surface area contributed by atoms with E-state index >= 15 is 0 Å². The van der Waals surface area contributed by atoms with E-state index in [0.717, 1.165) is 4.70 Å². The lowest BCUT2D eigenvalue weighted by atomic mass is 10.2. The van der Waals surface area contributed by atoms with E-state index in [2.05, 4.69) is 10.1 Å². The van der Waals surface area contributed by atoms with Gasteiger partial charge in [-0.05, 0) is 42.5 Å². The van der Waals surface area contributed by atoms with Gasteiger partial charge in [-0.1, -0.05) is 23.5 Å². The second-order valence-corrected chi connectivity index (χ2v) is 9.06. The number of hydrazone groups is 1. The predicted molar refractivity (Wildman–Crippen MR) is 144 cm³/mol. The number of methoxy groups -OCH3 is 4. The van der Waals surface area contributed by atoms with Crippen molar-refractivity contribution in [3.05, 3.63) is 60.2 Å². The molecule has 4 aromatic rings. The summed E-state index contributed by atoms with van der Waals surface area (Å²) in [5.74, 6) is 2.68. The fourth-order valence-corrected chi connectivity index (χ4v) is 4.85. The molecule has 0 N–H and O–H groups in total. The highest BCUT2D eigenvalue weighted by Crippen LogP contribution is 2.38. The van der Waals surface area contributed by atoms with Gasteiger partial charge in [-0.25, -0.2) is 4.98 Å². The van der Waals surface area contributed by atoms with Crippen molar-refractivity contribution in [3.63, 3.8) is 0 Å². The molecule has 1 amide bonds. The van der Waals surface area contributed by atoms with Crippen LogP contribution >= 0.6 is 11.3 Å². The van der Waals surface area contributed by atoms with Crippen molar-refractivity contribution in [3.8, 4) is 34.5 Å². The molecule has 1 aliphatic heterocycles. The Hall–Kier alpha value is -4.51. The Morgan fingerprint density at radius 1 is 1.00 bits per heavy atom. The van der Waals surface area contributed by atoms with Crippen LogP contribution in [0.1, 0.15) is 5.56 Å². The number of amides is 1. The number of anilines is 1. The monoisotopic (exact) mass is 535 g/mol. The highest BCUT2D eigenvalue weighted by atomic mass is 32.1. The number of fused-ring (bicyclic) bond motifs is 2. The van der Waals surface area contributed by atoms with Crippen LogP contribution in [0.2, 0.25) is 0 Å². The second-order valence-electron chi connectivity index (χ2n) is 8.05. The summed E-state index contributed by atoms with van der Waals surface area (Å²) in [7, 11) is 6.18. The number of ether oxygens (including phenoxy) is 6. The second kappa shape index (κ2) is 10.9. The first-order valence-corrected chi connectivity index (χ1v) is 12.4. The van der Waals surface area contributed by atoms with Crippen LogP contribution in [0.15, 0.2) is 59.7 Å². The molecule has 196 valence electrons. The number of aromatic nitrogens is 1. The average Bonchev–Trinajstić information content (AvgIpc) is 3.39. The molecule has 10 nitrogen and oxygen atoms in total. The van der Waals surface area contributed by atoms with E-state index in [0.29, 0.717) is 50.7 Å². The van der Waals surface area contributed by atoms with Gasteiger partial charge in [-0.3, -0.25) is 4.79 Å². The molecule has 0 fully saturated rings. The SMILES string of the molecule is COc1ccc2nc(N(/N=C/c3cc(OC)c(OC)c(OC)c3)C(=O)C3COc4ccccc4O3)sc2c1. The van der Waals surface area contributed by atoms with Gasteiger partial charge in [0.1, 0.15) is 12.4 Å². The smallest absolute Gasteiger partial charge is 0.294 e. The minimum atomic E-state index is -0.927. The average molecular weight is 536 g/mol. The topological polar surface area (TPSA) is 101 Å². The maximum atomic E-state index is 13.8. The number of carbonyl (C=O) groups is 1. The predicted octanol–water partition coefficient (Wildman–Crippen LogP) is 4.54. The Labute approximate surface area is 222 Å². The quantitative estimate of drug-likeness (QED) is 0.240. The zero-order valence-electron chi connectivity index (χ0n) is 21.2. The van der Waals surface area contributed by atoms with Crippen LogP contribution in [-0.2, 0) is 4.79 Å². The molecule has 1 atom stereocenters. The molecule has 0 radical (unpaired) electrons. The fourth-order valence-electron chi connectivity index (χ4n) is 3.89. The summed E-state index contributed by atoms with van der Waals surface area (Å²) >= 11 is 1.30. The van der Waals surface area contributed by atoms with Gasteiger partial charge in [-0.2, -0.15) is 10.1 Å². The molecule has 11 heteroatoms. The van der Waals surface area contributed by atoms with Crippen LogP contribution in [0.25, 0.3) is 10.2 Å². The van der Waals surface area contributed by atoms with Gasteiger partial charge in [0, 0.05) is 5.56 Å². The summed E-state index contributed by atoms with van der Waals surface area (Å²) in [5.41, 5.74) is 1.32. The third-order valence-corrected chi connectivity index (χ3v) is 6.76. The van der Waals surface area contributed by atoms with Crippen LogP contribution in [-0.4, -0.2) is 58.3 Å². The van der Waals surface area contributed by atoms with E-state index in [4.69, 9.17) is 28.4 Å². The van der Waals surface area contributed by atoms with E-state index in [1.807, 2.05) is 30.3 Å². The Bertz CT molecular complexity index is 1480. The Balaban J connectivity index is 1.53. The van der Waals surface area contributed by atoms with Gasteiger partial charge < -0.3 is 28.4 Å². The summed E-state index contributed by atoms with van der Waals surface area (Å²) in [4.78, 5) is 18.4. The zero-order valence-corrected chi connectivity index (χ0v) is 22.0. The summed E-state index contributed by atoms with van der Waals surface area (Å²) in [5, 5.41) is 6.12. The molecule has 3 aromatic carbocycles. The van der Waals surface area contributed by atoms with Crippen LogP contribution in [0.4, 0.5) is 5.13 Å². The van der Waals surface area contributed by atoms with Gasteiger partial charge in [0.25, 0.3) is 5.91 Å². The Morgan fingerprint density at radius 3 is 2.42 bits per heavy atom. The maximum Gasteiger partial charge on any atom is 0.294 e. The van der Waals surface area contributed by atoms with E-state index in [9.17, 15) is 4.79 Å². The summed E-state index contributed by atoms with van der Waals surface area (Å²) < 4.78 is 34.2. The maximum absolute atomic E-state index is 13.8. The van der Waals surface area contributed by atoms with Crippen LogP contribution in [0, 0.1) is 0 Å². The molecule has 0 saturated heterocycles. The first kappa shape index (κ1) is 25.2. The first-order chi connectivity index (χ1) is 18.5. The Morgan fingerprint density at radius 2 is 1.74 bits per heavy atom. The van der Waals surface area contributed by atoms with Gasteiger partial charge in [0.15, 0.2) is 23.0 Å². The number of carbonyl (C=O) groups excluding carboxylic acids is 1. The van der Waals surface area contributed by atoms with E-state index < -0.39 is 12.0 Å². The zero-order chi connectivity index (χ0) is 26.6. The molecular formula is C27H25N3O7S. The molecular weight excluding hydrogens is 510 g/mol. The molecule has 0 saturated carbocycles. The third kappa shape index (κ3) is 4.88. The number of thiazole rings is 1. The van der Waals surface area contributed by atoms with Gasteiger partial charge in [0.2, 0.25) is 17.0 Å². The van der Waals surface area contributed by atoms with Gasteiger partial charge in [0.05, 0.1) is 44.9 Å². The van der Waals surface area contributed by atoms with Gasteiger partial charge in [-0.15, -0.1) is 0 Å². The largest absolute Gasteiger partial charge is 0.497 e. The van der Waals surface area contributed by atoms with Crippen molar-refractivity contribution in [2.45, 2.75) is 6.10 Å². The molecule has 1 aliphatic rings. The molecule has 5 rings (SSSR count). The minimum absolute atomic E-state index is 0.0325. The van der Waals surface area contributed by atoms with Crippen molar-refractivity contribution in [2.75, 3.05) is 40.1 Å². The van der Waals surface area contributed by atoms with Crippen molar-refractivity contribution in [1.82, 2.24) is 4.98 Å². The summed E-state index contributed by atoms with van der Waals surface area (Å²) in [6, 6.07) is 16.2. The molecule has 0 bridgehead atoms. The normalized spacial score (nSPS) is 14.4. The minimum Gasteiger partial charge on any atom is -0.497 e. The number of benzene rings is 3. The number of hydrogen-bond donors (Lipinski definition) is 0. The molecule has 38 heavy (non-hydrogen) atoms. The van der Waals surface area contributed by atoms with Crippen molar-refractivity contribution in [2.24, 2.45) is 5.10 Å². The first-order valence-electron chi connectivity index (χ1n) is 11.6. The number of rotatable bonds is 8. The van der Waals surface area contributed by atoms with E-state index in [1.165, 1.54) is 43.9 Å². The number of hydrogen-bond acceptors (Lipinski definition) is 10. The third-order valence-electron chi connectivity index (χ3n) is 5.77. The molecule has 1 aromatic heterocycles. The lowest BCUT2D eigenvalue weighted by molar-refractivity contribution is -0.127. The molecule has 0 aliphatic carbocycles. The van der Waals surface area contributed by atoms with Crippen LogP contribution in [0.3, 0.4) is 0 Å². The van der Waals surface area contributed by atoms with E-state index in [-0.39, 0.29) is 6.61 Å². The highest BCUT2D eigenvalue weighted by molar-refractivity contribution is 7.22. The van der Waals surface area contributed by atoms with Crippen LogP contribution in [0.5, 0.6) is 34.5 Å². The highest BCUT2D eigenvalue weighted by Gasteiger charge is 2.33. The lowest BCUT2D eigenvalue weighted by Gasteiger charge is -2.27.